The number of hydrogen-bond acceptors (Lipinski definition) is 5. The number of Topliss-reactive ketones (excluding diaryl/α,β-unsaturated/α-hetero) is 1. The van der Waals surface area contributed by atoms with Gasteiger partial charge >= 0.3 is 0 Å². The van der Waals surface area contributed by atoms with Crippen LogP contribution in [0.25, 0.3) is 0 Å². The van der Waals surface area contributed by atoms with Crippen LogP contribution >= 0.6 is 0 Å². The zero-order chi connectivity index (χ0) is 19.9. The van der Waals surface area contributed by atoms with Crippen molar-refractivity contribution < 1.29 is 23.8 Å². The molecule has 1 rings (SSSR count). The Bertz CT molecular complexity index is 405. The molecule has 1 amide bonds. The summed E-state index contributed by atoms with van der Waals surface area (Å²) < 4.78 is 16.3. The molecule has 0 saturated heterocycles. The molecule has 0 unspecified atom stereocenters. The maximum absolute atomic E-state index is 12.0. The van der Waals surface area contributed by atoms with Gasteiger partial charge in [-0.05, 0) is 32.1 Å². The van der Waals surface area contributed by atoms with Crippen molar-refractivity contribution in [2.24, 2.45) is 11.8 Å². The smallest absolute Gasteiger partial charge is 0.222 e. The Hall–Kier alpha value is -0.980. The van der Waals surface area contributed by atoms with Crippen molar-refractivity contribution >= 4 is 11.7 Å². The van der Waals surface area contributed by atoms with Crippen LogP contribution in [0.5, 0.6) is 0 Å². The van der Waals surface area contributed by atoms with E-state index in [2.05, 4.69) is 12.2 Å². The van der Waals surface area contributed by atoms with E-state index < -0.39 is 0 Å². The Balaban J connectivity index is 1.94. The third kappa shape index (κ3) is 11.5. The van der Waals surface area contributed by atoms with Crippen LogP contribution < -0.4 is 5.32 Å². The van der Waals surface area contributed by atoms with Gasteiger partial charge in [0.25, 0.3) is 0 Å². The maximum atomic E-state index is 12.0. The highest BCUT2D eigenvalue weighted by Crippen LogP contribution is 2.27. The first kappa shape index (κ1) is 24.1. The lowest BCUT2D eigenvalue weighted by Gasteiger charge is -2.29. The first-order valence-corrected chi connectivity index (χ1v) is 10.6. The lowest BCUT2D eigenvalue weighted by Crippen LogP contribution is -2.39. The van der Waals surface area contributed by atoms with Crippen molar-refractivity contribution in [3.8, 4) is 0 Å². The highest BCUT2D eigenvalue weighted by molar-refractivity contribution is 5.83. The van der Waals surface area contributed by atoms with Crippen LogP contribution in [-0.2, 0) is 23.8 Å². The largest absolute Gasteiger partial charge is 0.379 e. The van der Waals surface area contributed by atoms with Gasteiger partial charge in [0, 0.05) is 30.9 Å². The summed E-state index contributed by atoms with van der Waals surface area (Å²) in [5.41, 5.74) is 0. The number of nitrogens with one attached hydrogen (secondary N) is 1. The second-order valence-electron chi connectivity index (χ2n) is 7.61. The van der Waals surface area contributed by atoms with Gasteiger partial charge in [-0.2, -0.15) is 0 Å². The van der Waals surface area contributed by atoms with Gasteiger partial charge in [-0.25, -0.2) is 0 Å². The third-order valence-electron chi connectivity index (χ3n) is 4.92. The first-order chi connectivity index (χ1) is 13.0. The van der Waals surface area contributed by atoms with Crippen LogP contribution in [0.1, 0.15) is 65.7 Å². The minimum Gasteiger partial charge on any atom is -0.379 e. The van der Waals surface area contributed by atoms with E-state index in [1.165, 1.54) is 0 Å². The van der Waals surface area contributed by atoms with Gasteiger partial charge in [-0.3, -0.25) is 9.59 Å². The van der Waals surface area contributed by atoms with Crippen LogP contribution in [0.2, 0.25) is 0 Å². The maximum Gasteiger partial charge on any atom is 0.222 e. The number of amides is 1. The lowest BCUT2D eigenvalue weighted by atomic mass is 9.80. The summed E-state index contributed by atoms with van der Waals surface area (Å²) in [6, 6.07) is 0.199. The number of ether oxygens (including phenoxy) is 3. The van der Waals surface area contributed by atoms with Crippen molar-refractivity contribution in [1.82, 2.24) is 5.32 Å². The monoisotopic (exact) mass is 385 g/mol. The predicted octanol–water partition coefficient (Wildman–Crippen LogP) is 3.13. The van der Waals surface area contributed by atoms with Gasteiger partial charge in [-0.1, -0.05) is 27.2 Å². The van der Waals surface area contributed by atoms with Crippen LogP contribution in [0.15, 0.2) is 0 Å². The van der Waals surface area contributed by atoms with Crippen LogP contribution in [0.3, 0.4) is 0 Å². The van der Waals surface area contributed by atoms with Gasteiger partial charge in [0.15, 0.2) is 0 Å². The molecule has 27 heavy (non-hydrogen) atoms. The summed E-state index contributed by atoms with van der Waals surface area (Å²) in [7, 11) is 0. The molecular formula is C21H39NO5. The molecule has 158 valence electrons. The number of hydrogen-bond donors (Lipinski definition) is 1. The summed E-state index contributed by atoms with van der Waals surface area (Å²) >= 11 is 0. The second kappa shape index (κ2) is 15.0. The van der Waals surface area contributed by atoms with E-state index in [-0.39, 0.29) is 23.8 Å². The van der Waals surface area contributed by atoms with Crippen LogP contribution in [0.4, 0.5) is 0 Å². The van der Waals surface area contributed by atoms with Crippen molar-refractivity contribution in [1.29, 1.82) is 0 Å². The Morgan fingerprint density at radius 3 is 2.00 bits per heavy atom. The molecule has 0 atom stereocenters. The molecule has 0 aromatic rings. The van der Waals surface area contributed by atoms with Crippen molar-refractivity contribution in [3.63, 3.8) is 0 Å². The summed E-state index contributed by atoms with van der Waals surface area (Å²) in [5, 5.41) is 3.07. The fraction of sp³-hybridized carbons (Fsp3) is 0.905. The van der Waals surface area contributed by atoms with Gasteiger partial charge in [0.1, 0.15) is 5.78 Å². The van der Waals surface area contributed by atoms with E-state index >= 15 is 0 Å². The first-order valence-electron chi connectivity index (χ1n) is 10.6. The van der Waals surface area contributed by atoms with E-state index in [1.807, 2.05) is 13.8 Å². The van der Waals surface area contributed by atoms with E-state index in [9.17, 15) is 9.59 Å². The van der Waals surface area contributed by atoms with Gasteiger partial charge < -0.3 is 19.5 Å². The molecule has 0 heterocycles. The number of carbonyl (C=O) groups is 2. The average Bonchev–Trinajstić information content (AvgIpc) is 2.66. The normalized spacial score (nSPS) is 20.0. The molecule has 1 aliphatic rings. The molecule has 0 aromatic carbocycles. The molecule has 1 fully saturated rings. The highest BCUT2D eigenvalue weighted by Gasteiger charge is 2.28. The number of carbonyl (C=O) groups excluding carboxylic acids is 2. The number of rotatable bonds is 15. The van der Waals surface area contributed by atoms with E-state index in [0.717, 1.165) is 45.1 Å². The fourth-order valence-corrected chi connectivity index (χ4v) is 3.25. The molecular weight excluding hydrogens is 346 g/mol. The van der Waals surface area contributed by atoms with E-state index in [4.69, 9.17) is 14.2 Å². The molecule has 0 aliphatic heterocycles. The zero-order valence-electron chi connectivity index (χ0n) is 17.5. The highest BCUT2D eigenvalue weighted by atomic mass is 16.5. The average molecular weight is 386 g/mol. The Morgan fingerprint density at radius 1 is 0.889 bits per heavy atom. The number of ketones is 1. The Labute approximate surface area is 164 Å². The zero-order valence-corrected chi connectivity index (χ0v) is 17.5. The summed E-state index contributed by atoms with van der Waals surface area (Å²) in [5.74, 6) is 0.677. The second-order valence-corrected chi connectivity index (χ2v) is 7.61. The summed E-state index contributed by atoms with van der Waals surface area (Å²) in [6.45, 7) is 9.47. The van der Waals surface area contributed by atoms with E-state index in [0.29, 0.717) is 45.2 Å². The Kier molecular flexibility index (Phi) is 13.4. The molecule has 1 saturated carbocycles. The standard InChI is InChI=1S/C21H39NO5/c1-4-5-11-25-13-15-27-16-14-26-12-10-20(23)22-19-8-6-18(7-9-19)21(24)17(2)3/h17-19H,4-16H2,1-3H3,(H,22,23). The molecule has 0 radical (unpaired) electrons. The summed E-state index contributed by atoms with van der Waals surface area (Å²) in [6.07, 6.45) is 6.15. The van der Waals surface area contributed by atoms with Crippen molar-refractivity contribution in [2.45, 2.75) is 71.8 Å². The summed E-state index contributed by atoms with van der Waals surface area (Å²) in [4.78, 5) is 24.0. The molecule has 0 bridgehead atoms. The van der Waals surface area contributed by atoms with Gasteiger partial charge in [-0.15, -0.1) is 0 Å². The minimum atomic E-state index is 0.0267. The van der Waals surface area contributed by atoms with Crippen molar-refractivity contribution in [3.05, 3.63) is 0 Å². The molecule has 1 N–H and O–H groups in total. The minimum absolute atomic E-state index is 0.0267. The fourth-order valence-electron chi connectivity index (χ4n) is 3.25. The third-order valence-corrected chi connectivity index (χ3v) is 4.92. The Morgan fingerprint density at radius 2 is 1.44 bits per heavy atom. The SMILES string of the molecule is CCCCOCCOCCOCCC(=O)NC1CCC(C(=O)C(C)C)CC1. The molecule has 6 heteroatoms. The molecule has 6 nitrogen and oxygen atoms in total. The van der Waals surface area contributed by atoms with Crippen LogP contribution in [-0.4, -0.2) is 57.4 Å². The van der Waals surface area contributed by atoms with Gasteiger partial charge in [0.2, 0.25) is 5.91 Å². The molecule has 1 aliphatic carbocycles. The number of unbranched alkanes of at least 4 members (excludes halogenated alkanes) is 1. The molecule has 0 aromatic heterocycles. The topological polar surface area (TPSA) is 73.9 Å². The van der Waals surface area contributed by atoms with E-state index in [1.54, 1.807) is 0 Å². The molecule has 0 spiro atoms. The predicted molar refractivity (Wildman–Crippen MR) is 106 cm³/mol. The quantitative estimate of drug-likeness (QED) is 0.439. The van der Waals surface area contributed by atoms with Gasteiger partial charge in [0.05, 0.1) is 33.0 Å². The van der Waals surface area contributed by atoms with Crippen molar-refractivity contribution in [2.75, 3.05) is 39.6 Å². The lowest BCUT2D eigenvalue weighted by molar-refractivity contribution is -0.127. The van der Waals surface area contributed by atoms with Crippen LogP contribution in [0, 0.1) is 11.8 Å².